The maximum Gasteiger partial charge on any atom is 0.346 e. The van der Waals surface area contributed by atoms with Gasteiger partial charge in [-0.1, -0.05) is 46.8 Å². The molecule has 19 nitrogen and oxygen atoms in total. The number of ether oxygens (including phenoxy) is 5. The fourth-order valence-electron chi connectivity index (χ4n) is 10.3. The zero-order valence-electron chi connectivity index (χ0n) is 49.0. The Labute approximate surface area is 514 Å². The maximum absolute atomic E-state index is 16.1. The summed E-state index contributed by atoms with van der Waals surface area (Å²) in [6, 6.07) is 31.3. The molecule has 0 saturated carbocycles. The molecule has 6 heterocycles. The molecule has 0 N–H and O–H groups in total. The number of hydrogen-bond donors (Lipinski definition) is 0. The van der Waals surface area contributed by atoms with E-state index in [1.165, 1.54) is 96.4 Å². The molecule has 6 aromatic carbocycles. The molecule has 0 spiro atoms. The summed E-state index contributed by atoms with van der Waals surface area (Å²) in [7, 11) is 6.39. The third-order valence-corrected chi connectivity index (χ3v) is 15.0. The van der Waals surface area contributed by atoms with E-state index < -0.39 is 46.8 Å². The van der Waals surface area contributed by atoms with Crippen LogP contribution in [0, 0.1) is 34.9 Å². The van der Waals surface area contributed by atoms with Crippen LogP contribution < -0.4 is 9.47 Å². The number of fused-ring (bicyclic) bond motifs is 2. The molecule has 0 atom stereocenters. The summed E-state index contributed by atoms with van der Waals surface area (Å²) >= 11 is 0. The molecule has 91 heavy (non-hydrogen) atoms. The van der Waals surface area contributed by atoms with Gasteiger partial charge in [-0.3, -0.25) is 9.36 Å². The summed E-state index contributed by atoms with van der Waals surface area (Å²) in [6.45, 7) is 0.343. The molecule has 25 heteroatoms. The summed E-state index contributed by atoms with van der Waals surface area (Å²) in [6.07, 6.45) is 2.96. The lowest BCUT2D eigenvalue weighted by Gasteiger charge is -2.12. The number of aromatic nitrogens is 12. The van der Waals surface area contributed by atoms with Crippen LogP contribution in [0.5, 0.6) is 11.8 Å². The molecule has 12 rings (SSSR count). The van der Waals surface area contributed by atoms with E-state index in [0.717, 1.165) is 24.3 Å². The quantitative estimate of drug-likeness (QED) is 0.0352. The first-order valence-corrected chi connectivity index (χ1v) is 28.3. The van der Waals surface area contributed by atoms with E-state index in [1.54, 1.807) is 72.0 Å². The summed E-state index contributed by atoms with van der Waals surface area (Å²) in [5, 5.41) is 15.8. The molecule has 0 aliphatic heterocycles. The Morgan fingerprint density at radius 2 is 0.879 bits per heavy atom. The first-order chi connectivity index (χ1) is 44.0. The first kappa shape index (κ1) is 60.4. The molecule has 0 aliphatic carbocycles. The van der Waals surface area contributed by atoms with Crippen LogP contribution in [0.25, 0.3) is 67.1 Å². The number of aryl methyl sites for hydroxylation is 2. The highest BCUT2D eigenvalue weighted by atomic mass is 19.1. The average Bonchev–Trinajstić information content (AvgIpc) is 1.73. The highest BCUT2D eigenvalue weighted by Crippen LogP contribution is 2.32. The zero-order valence-corrected chi connectivity index (χ0v) is 49.0. The van der Waals surface area contributed by atoms with E-state index in [-0.39, 0.29) is 120 Å². The lowest BCUT2D eigenvalue weighted by Crippen LogP contribution is -2.14. The standard InChI is InChI=1S/C66H52F6N12O7/c1-81-33-57(77-79-81)37-11-13-41(47(67)23-37)35-89-63-9-5-7-53(75-63)45-31-49(69)43(25-51(45)71)29-61-73-55-17-15-39(27-59(55)83(61)19-21-87-3)65(85)91-66(86)40-16-18-56-60(28-40)84(20-22-88-4)62(74-56)30-44-26-52(72)46(32-50(44)70)54-8-6-10-64(76-54)90-36-42-14-12-38(24-48(42)68)58-34-82(2)80-78-58/h5-18,23-28,31-34H,19-22,29-30,35-36H2,1-4H3. The van der Waals surface area contributed by atoms with Crippen LogP contribution in [-0.4, -0.2) is 98.4 Å². The number of benzene rings is 6. The highest BCUT2D eigenvalue weighted by molar-refractivity contribution is 6.05. The number of rotatable bonds is 22. The second-order valence-electron chi connectivity index (χ2n) is 21.1. The van der Waals surface area contributed by atoms with Gasteiger partial charge in [0.15, 0.2) is 0 Å². The van der Waals surface area contributed by atoms with Crippen molar-refractivity contribution in [3.05, 3.63) is 226 Å². The van der Waals surface area contributed by atoms with Crippen molar-refractivity contribution in [3.63, 3.8) is 0 Å². The number of carbonyl (C=O) groups excluding carboxylic acids is 2. The summed E-state index contributed by atoms with van der Waals surface area (Å²) in [5.41, 5.74) is 3.91. The van der Waals surface area contributed by atoms with Crippen molar-refractivity contribution in [2.45, 2.75) is 39.1 Å². The Balaban J connectivity index is 0.717. The summed E-state index contributed by atoms with van der Waals surface area (Å²) < 4.78 is 129. The molecular weight excluding hydrogens is 1190 g/mol. The Hall–Kier alpha value is -10.9. The number of hydrogen-bond acceptors (Lipinski definition) is 15. The predicted molar refractivity (Wildman–Crippen MR) is 319 cm³/mol. The molecule has 0 fully saturated rings. The molecule has 0 amide bonds. The van der Waals surface area contributed by atoms with Gasteiger partial charge in [-0.15, -0.1) is 10.2 Å². The molecule has 0 saturated heterocycles. The van der Waals surface area contributed by atoms with Gasteiger partial charge >= 0.3 is 11.9 Å². The molecular formula is C66H52F6N12O7. The van der Waals surface area contributed by atoms with Gasteiger partial charge in [-0.25, -0.2) is 55.9 Å². The monoisotopic (exact) mass is 1240 g/mol. The normalized spacial score (nSPS) is 11.5. The van der Waals surface area contributed by atoms with Crippen molar-refractivity contribution < 1.29 is 59.6 Å². The lowest BCUT2D eigenvalue weighted by atomic mass is 10.0. The van der Waals surface area contributed by atoms with Crippen molar-refractivity contribution in [1.82, 2.24) is 59.1 Å². The number of pyridine rings is 2. The van der Waals surface area contributed by atoms with Crippen LogP contribution in [0.3, 0.4) is 0 Å². The van der Waals surface area contributed by atoms with Gasteiger partial charge < -0.3 is 32.8 Å². The van der Waals surface area contributed by atoms with Crippen LogP contribution in [0.1, 0.15) is 54.6 Å². The lowest BCUT2D eigenvalue weighted by molar-refractivity contribution is 0.0397. The Kier molecular flexibility index (Phi) is 17.3. The van der Waals surface area contributed by atoms with Gasteiger partial charge in [0, 0.05) is 99.8 Å². The molecule has 0 aliphatic rings. The van der Waals surface area contributed by atoms with Gasteiger partial charge in [0.05, 0.1) is 70.2 Å². The third-order valence-electron chi connectivity index (χ3n) is 15.0. The van der Waals surface area contributed by atoms with E-state index >= 15 is 26.3 Å². The van der Waals surface area contributed by atoms with Crippen LogP contribution in [0.4, 0.5) is 26.3 Å². The topological polar surface area (TPSA) is 203 Å². The van der Waals surface area contributed by atoms with E-state index in [2.05, 4.69) is 30.6 Å². The number of carbonyl (C=O) groups is 2. The second-order valence-corrected chi connectivity index (χ2v) is 21.1. The van der Waals surface area contributed by atoms with Gasteiger partial charge in [0.2, 0.25) is 11.8 Å². The first-order valence-electron chi connectivity index (χ1n) is 28.3. The van der Waals surface area contributed by atoms with Crippen LogP contribution in [0.15, 0.2) is 146 Å². The van der Waals surface area contributed by atoms with Crippen molar-refractivity contribution in [1.29, 1.82) is 0 Å². The molecule has 460 valence electrons. The van der Waals surface area contributed by atoms with E-state index in [4.69, 9.17) is 33.7 Å². The van der Waals surface area contributed by atoms with Crippen molar-refractivity contribution in [3.8, 4) is 56.8 Å². The minimum atomic E-state index is -0.999. The van der Waals surface area contributed by atoms with Crippen LogP contribution in [-0.2, 0) is 67.5 Å². The predicted octanol–water partition coefficient (Wildman–Crippen LogP) is 11.6. The van der Waals surface area contributed by atoms with Crippen LogP contribution in [0.2, 0.25) is 0 Å². The zero-order chi connectivity index (χ0) is 63.4. The fourth-order valence-corrected chi connectivity index (χ4v) is 10.3. The van der Waals surface area contributed by atoms with E-state index in [0.29, 0.717) is 56.2 Å². The SMILES string of the molecule is COCCn1c(Cc2cc(F)c(-c3cccc(OCc4ccc(-c5cn(C)nn5)cc4F)n3)cc2F)nc2ccc(C(=O)OC(=O)c3ccc4nc(Cc5cc(F)c(-c6cccc(OCc7ccc(-c8cn(C)nn8)cc7F)n6)cc5F)n(CCOC)c4c3)cc21. The smallest absolute Gasteiger partial charge is 0.346 e. The fraction of sp³-hybridized carbons (Fsp3) is 0.182. The van der Waals surface area contributed by atoms with Gasteiger partial charge in [0.1, 0.15) is 71.2 Å². The number of halogens is 6. The maximum atomic E-state index is 16.1. The molecule has 0 unspecified atom stereocenters. The largest absolute Gasteiger partial charge is 0.473 e. The van der Waals surface area contributed by atoms with Crippen molar-refractivity contribution in [2.24, 2.45) is 14.1 Å². The minimum absolute atomic E-state index is 0.0207. The van der Waals surface area contributed by atoms with E-state index in [1.807, 2.05) is 0 Å². The Morgan fingerprint density at radius 3 is 1.27 bits per heavy atom. The van der Waals surface area contributed by atoms with Crippen LogP contribution >= 0.6 is 0 Å². The molecule has 12 aromatic rings. The van der Waals surface area contributed by atoms with Crippen molar-refractivity contribution in [2.75, 3.05) is 27.4 Å². The Bertz CT molecular complexity index is 4460. The van der Waals surface area contributed by atoms with Gasteiger partial charge in [0.25, 0.3) is 0 Å². The minimum Gasteiger partial charge on any atom is -0.473 e. The Morgan fingerprint density at radius 1 is 0.451 bits per heavy atom. The number of nitrogens with zero attached hydrogens (tertiary/aromatic N) is 12. The molecule has 6 aromatic heterocycles. The molecule has 0 radical (unpaired) electrons. The number of methoxy groups -OCH3 is 2. The molecule has 0 bridgehead atoms. The van der Waals surface area contributed by atoms with Gasteiger partial charge in [-0.2, -0.15) is 0 Å². The third kappa shape index (κ3) is 13.1. The second kappa shape index (κ2) is 26.0. The van der Waals surface area contributed by atoms with E-state index in [9.17, 15) is 9.59 Å². The highest BCUT2D eigenvalue weighted by Gasteiger charge is 2.24. The summed E-state index contributed by atoms with van der Waals surface area (Å²) in [5.74, 6) is -5.42. The number of esters is 2. The average molecular weight is 1240 g/mol. The summed E-state index contributed by atoms with van der Waals surface area (Å²) in [4.78, 5) is 45.7. The number of imidazole rings is 2. The van der Waals surface area contributed by atoms with Gasteiger partial charge in [-0.05, 0) is 96.1 Å². The van der Waals surface area contributed by atoms with Crippen molar-refractivity contribution >= 4 is 34.0 Å².